The fourth-order valence-corrected chi connectivity index (χ4v) is 2.39. The van der Waals surface area contributed by atoms with E-state index in [9.17, 15) is 14.4 Å². The maximum atomic E-state index is 12.8. The molecule has 2 rings (SSSR count). The van der Waals surface area contributed by atoms with Gasteiger partial charge in [-0.25, -0.2) is 4.39 Å². The molecule has 0 aliphatic heterocycles. The van der Waals surface area contributed by atoms with Crippen LogP contribution >= 0.6 is 0 Å². The van der Waals surface area contributed by atoms with Crippen LogP contribution in [0.5, 0.6) is 5.75 Å². The second kappa shape index (κ2) is 7.42. The molecule has 0 spiro atoms. The molecule has 1 atom stereocenters. The molecule has 23 heavy (non-hydrogen) atoms. The summed E-state index contributed by atoms with van der Waals surface area (Å²) in [7, 11) is 1.81. The Bertz CT molecular complexity index is 580. The molecule has 1 aromatic rings. The number of hydrogen-bond acceptors (Lipinski definition) is 4. The van der Waals surface area contributed by atoms with Gasteiger partial charge >= 0.3 is 0 Å². The average Bonchev–Trinajstić information content (AvgIpc) is 3.34. The molecule has 0 bridgehead atoms. The van der Waals surface area contributed by atoms with E-state index in [-0.39, 0.29) is 24.2 Å². The zero-order valence-corrected chi connectivity index (χ0v) is 13.5. The maximum Gasteiger partial charge on any atom is 0.235 e. The third-order valence-electron chi connectivity index (χ3n) is 3.99. The zero-order chi connectivity index (χ0) is 16.9. The lowest BCUT2D eigenvalue weighted by molar-refractivity contribution is -0.123. The standard InChI is InChI=1S/C17H22FN3O2/c1-17(12-19,13-3-4-13)20-16(22)11-21(2)9-10-23-15-7-5-14(18)6-8-15/h5-8,13H,3-4,9-11H2,1-2H3,(H,20,22). The Labute approximate surface area is 136 Å². The van der Waals surface area contributed by atoms with Gasteiger partial charge in [0.05, 0.1) is 12.6 Å². The number of halogens is 1. The summed E-state index contributed by atoms with van der Waals surface area (Å²) < 4.78 is 18.3. The second-order valence-electron chi connectivity index (χ2n) is 6.18. The minimum absolute atomic E-state index is 0.162. The highest BCUT2D eigenvalue weighted by Gasteiger charge is 2.42. The van der Waals surface area contributed by atoms with E-state index in [0.29, 0.717) is 18.9 Å². The Hall–Kier alpha value is -2.13. The van der Waals surface area contributed by atoms with Crippen molar-refractivity contribution in [2.45, 2.75) is 25.3 Å². The predicted molar refractivity (Wildman–Crippen MR) is 84.3 cm³/mol. The minimum Gasteiger partial charge on any atom is -0.492 e. The van der Waals surface area contributed by atoms with Gasteiger partial charge in [0.15, 0.2) is 0 Å². The monoisotopic (exact) mass is 319 g/mol. The van der Waals surface area contributed by atoms with E-state index < -0.39 is 5.54 Å². The van der Waals surface area contributed by atoms with Crippen molar-refractivity contribution in [2.24, 2.45) is 5.92 Å². The topological polar surface area (TPSA) is 65.4 Å². The molecule has 0 radical (unpaired) electrons. The maximum absolute atomic E-state index is 12.8. The molecule has 6 heteroatoms. The molecule has 0 saturated heterocycles. The largest absolute Gasteiger partial charge is 0.492 e. The average molecular weight is 319 g/mol. The lowest BCUT2D eigenvalue weighted by Gasteiger charge is -2.24. The van der Waals surface area contributed by atoms with E-state index in [4.69, 9.17) is 4.74 Å². The Morgan fingerprint density at radius 3 is 2.70 bits per heavy atom. The number of ether oxygens (including phenoxy) is 1. The molecule has 5 nitrogen and oxygen atoms in total. The number of nitriles is 1. The summed E-state index contributed by atoms with van der Waals surface area (Å²) >= 11 is 0. The lowest BCUT2D eigenvalue weighted by atomic mass is 9.98. The quantitative estimate of drug-likeness (QED) is 0.795. The molecule has 1 aromatic carbocycles. The smallest absolute Gasteiger partial charge is 0.235 e. The molecule has 1 N–H and O–H groups in total. The van der Waals surface area contributed by atoms with Crippen molar-refractivity contribution in [1.82, 2.24) is 10.2 Å². The van der Waals surface area contributed by atoms with E-state index in [1.165, 1.54) is 12.1 Å². The van der Waals surface area contributed by atoms with Gasteiger partial charge in [0.1, 0.15) is 23.7 Å². The first-order valence-electron chi connectivity index (χ1n) is 7.72. The van der Waals surface area contributed by atoms with Gasteiger partial charge in [-0.05, 0) is 57.0 Å². The number of carbonyl (C=O) groups excluding carboxylic acids is 1. The highest BCUT2D eigenvalue weighted by atomic mass is 19.1. The molecule has 1 saturated carbocycles. The van der Waals surface area contributed by atoms with Gasteiger partial charge in [-0.2, -0.15) is 5.26 Å². The number of nitrogens with zero attached hydrogens (tertiary/aromatic N) is 2. The first-order valence-corrected chi connectivity index (χ1v) is 7.72. The Balaban J connectivity index is 1.69. The van der Waals surface area contributed by atoms with Crippen molar-refractivity contribution < 1.29 is 13.9 Å². The first-order chi connectivity index (χ1) is 10.9. The Morgan fingerprint density at radius 1 is 1.48 bits per heavy atom. The molecule has 124 valence electrons. The summed E-state index contributed by atoms with van der Waals surface area (Å²) in [5.74, 6) is 0.395. The lowest BCUT2D eigenvalue weighted by Crippen LogP contribution is -2.50. The summed E-state index contributed by atoms with van der Waals surface area (Å²) in [6, 6.07) is 8.02. The first kappa shape index (κ1) is 17.2. The van der Waals surface area contributed by atoms with Crippen LogP contribution in [0.2, 0.25) is 0 Å². The number of likely N-dealkylation sites (N-methyl/N-ethyl adjacent to an activating group) is 1. The molecule has 1 aliphatic carbocycles. The van der Waals surface area contributed by atoms with Crippen molar-refractivity contribution in [3.8, 4) is 11.8 Å². The third-order valence-corrected chi connectivity index (χ3v) is 3.99. The van der Waals surface area contributed by atoms with Gasteiger partial charge in [-0.3, -0.25) is 9.69 Å². The van der Waals surface area contributed by atoms with Crippen LogP contribution in [0.1, 0.15) is 19.8 Å². The van der Waals surface area contributed by atoms with Crippen molar-refractivity contribution in [3.05, 3.63) is 30.1 Å². The predicted octanol–water partition coefficient (Wildman–Crippen LogP) is 1.94. The van der Waals surface area contributed by atoms with Crippen molar-refractivity contribution >= 4 is 5.91 Å². The van der Waals surface area contributed by atoms with E-state index >= 15 is 0 Å². The van der Waals surface area contributed by atoms with Crippen LogP contribution in [0.3, 0.4) is 0 Å². The fourth-order valence-electron chi connectivity index (χ4n) is 2.39. The van der Waals surface area contributed by atoms with Crippen LogP contribution in [0.25, 0.3) is 0 Å². The van der Waals surface area contributed by atoms with Gasteiger partial charge in [0.2, 0.25) is 5.91 Å². The summed E-state index contributed by atoms with van der Waals surface area (Å²) in [6.07, 6.45) is 1.98. The van der Waals surface area contributed by atoms with Gasteiger partial charge in [0.25, 0.3) is 0 Å². The van der Waals surface area contributed by atoms with Crippen LogP contribution in [0.4, 0.5) is 4.39 Å². The summed E-state index contributed by atoms with van der Waals surface area (Å²) in [4.78, 5) is 13.9. The third kappa shape index (κ3) is 5.22. The molecular weight excluding hydrogens is 297 g/mol. The molecule has 0 aromatic heterocycles. The SMILES string of the molecule is CN(CCOc1ccc(F)cc1)CC(=O)NC(C)(C#N)C1CC1. The molecule has 1 unspecified atom stereocenters. The fraction of sp³-hybridized carbons (Fsp3) is 0.529. The second-order valence-corrected chi connectivity index (χ2v) is 6.18. The van der Waals surface area contributed by atoms with E-state index in [1.807, 2.05) is 11.9 Å². The van der Waals surface area contributed by atoms with E-state index in [0.717, 1.165) is 12.8 Å². The van der Waals surface area contributed by atoms with Crippen LogP contribution in [0.15, 0.2) is 24.3 Å². The van der Waals surface area contributed by atoms with E-state index in [1.54, 1.807) is 19.1 Å². The van der Waals surface area contributed by atoms with Crippen molar-refractivity contribution in [3.63, 3.8) is 0 Å². The number of amides is 1. The molecule has 1 amide bonds. The number of carbonyl (C=O) groups is 1. The van der Waals surface area contributed by atoms with Crippen molar-refractivity contribution in [2.75, 3.05) is 26.7 Å². The van der Waals surface area contributed by atoms with Gasteiger partial charge in [-0.1, -0.05) is 0 Å². The minimum atomic E-state index is -0.761. The summed E-state index contributed by atoms with van der Waals surface area (Å²) in [5.41, 5.74) is -0.761. The van der Waals surface area contributed by atoms with Crippen LogP contribution in [-0.2, 0) is 4.79 Å². The Kier molecular flexibility index (Phi) is 5.56. The normalized spacial score (nSPS) is 16.5. The van der Waals surface area contributed by atoms with E-state index in [2.05, 4.69) is 11.4 Å². The number of benzene rings is 1. The highest BCUT2D eigenvalue weighted by Crippen LogP contribution is 2.39. The Morgan fingerprint density at radius 2 is 2.13 bits per heavy atom. The number of rotatable bonds is 8. The van der Waals surface area contributed by atoms with Crippen molar-refractivity contribution in [1.29, 1.82) is 5.26 Å². The zero-order valence-electron chi connectivity index (χ0n) is 13.5. The molecular formula is C17H22FN3O2. The van der Waals surface area contributed by atoms with Gasteiger partial charge in [-0.15, -0.1) is 0 Å². The van der Waals surface area contributed by atoms with Crippen LogP contribution < -0.4 is 10.1 Å². The van der Waals surface area contributed by atoms with Crippen LogP contribution in [-0.4, -0.2) is 43.1 Å². The highest BCUT2D eigenvalue weighted by molar-refractivity contribution is 5.79. The van der Waals surface area contributed by atoms with Gasteiger partial charge < -0.3 is 10.1 Å². The van der Waals surface area contributed by atoms with Crippen LogP contribution in [0, 0.1) is 23.1 Å². The number of hydrogen-bond donors (Lipinski definition) is 1. The number of nitrogens with one attached hydrogen (secondary N) is 1. The summed E-state index contributed by atoms with van der Waals surface area (Å²) in [6.45, 7) is 2.93. The van der Waals surface area contributed by atoms with Gasteiger partial charge in [0, 0.05) is 6.54 Å². The molecule has 1 aliphatic rings. The summed E-state index contributed by atoms with van der Waals surface area (Å²) in [5, 5.41) is 12.1. The molecule has 0 heterocycles. The molecule has 1 fully saturated rings.